The van der Waals surface area contributed by atoms with E-state index in [-0.39, 0.29) is 6.42 Å². The highest BCUT2D eigenvalue weighted by Gasteiger charge is 2.28. The predicted octanol–water partition coefficient (Wildman–Crippen LogP) is 2.93. The molecule has 1 rings (SSSR count). The van der Waals surface area contributed by atoms with Gasteiger partial charge in [0.05, 0.1) is 7.11 Å². The lowest BCUT2D eigenvalue weighted by atomic mass is 10.0. The van der Waals surface area contributed by atoms with E-state index in [1.807, 2.05) is 0 Å². The molecule has 24 heavy (non-hydrogen) atoms. The van der Waals surface area contributed by atoms with Crippen LogP contribution in [-0.4, -0.2) is 42.9 Å². The van der Waals surface area contributed by atoms with E-state index in [1.54, 1.807) is 20.8 Å². The minimum Gasteiger partial charge on any atom is -0.444 e. The van der Waals surface area contributed by atoms with Crippen LogP contribution in [0, 0.1) is 5.82 Å². The Morgan fingerprint density at radius 3 is 2.54 bits per heavy atom. The topological polar surface area (TPSA) is 67.9 Å². The third kappa shape index (κ3) is 6.33. The largest absolute Gasteiger partial charge is 0.444 e. The Hall–Kier alpha value is -1.86. The van der Waals surface area contributed by atoms with E-state index < -0.39 is 29.5 Å². The number of carbonyl (C=O) groups excluding carboxylic acids is 2. The van der Waals surface area contributed by atoms with Crippen LogP contribution in [0.3, 0.4) is 0 Å². The molecule has 0 aliphatic rings. The number of hydroxylamine groups is 2. The van der Waals surface area contributed by atoms with Crippen molar-refractivity contribution in [2.75, 3.05) is 14.2 Å². The highest BCUT2D eigenvalue weighted by Crippen LogP contribution is 2.19. The van der Waals surface area contributed by atoms with E-state index >= 15 is 0 Å². The fourth-order valence-electron chi connectivity index (χ4n) is 1.88. The molecule has 1 aromatic carbocycles. The van der Waals surface area contributed by atoms with E-state index in [0.29, 0.717) is 10.6 Å². The summed E-state index contributed by atoms with van der Waals surface area (Å²) in [5, 5.41) is 3.73. The summed E-state index contributed by atoms with van der Waals surface area (Å²) in [7, 11) is 2.72. The molecule has 0 radical (unpaired) electrons. The standard InChI is InChI=1S/C16H22ClFN2O4/c1-16(2,3)24-15(22)19-13(14(21)20(4)23-5)9-10-8-11(18)6-7-12(10)17/h6-8,13H,9H2,1-5H3,(H,19,22). The minimum absolute atomic E-state index is 0.0115. The van der Waals surface area contributed by atoms with Crippen LogP contribution in [0.1, 0.15) is 26.3 Å². The minimum atomic E-state index is -1.02. The number of halogens is 2. The summed E-state index contributed by atoms with van der Waals surface area (Å²) >= 11 is 6.03. The van der Waals surface area contributed by atoms with Crippen LogP contribution < -0.4 is 5.32 Å². The van der Waals surface area contributed by atoms with Crippen LogP contribution in [0.25, 0.3) is 0 Å². The molecular weight excluding hydrogens is 339 g/mol. The van der Waals surface area contributed by atoms with Gasteiger partial charge in [-0.25, -0.2) is 14.2 Å². The molecule has 1 unspecified atom stereocenters. The summed E-state index contributed by atoms with van der Waals surface area (Å²) in [6.45, 7) is 5.11. The molecule has 6 nitrogen and oxygen atoms in total. The zero-order valence-corrected chi connectivity index (χ0v) is 15.1. The molecule has 1 N–H and O–H groups in total. The van der Waals surface area contributed by atoms with Crippen molar-refractivity contribution in [1.82, 2.24) is 10.4 Å². The van der Waals surface area contributed by atoms with E-state index in [9.17, 15) is 14.0 Å². The predicted molar refractivity (Wildman–Crippen MR) is 88.1 cm³/mol. The van der Waals surface area contributed by atoms with Crippen molar-refractivity contribution >= 4 is 23.6 Å². The number of nitrogens with zero attached hydrogens (tertiary/aromatic N) is 1. The zero-order chi connectivity index (χ0) is 18.5. The number of hydrogen-bond donors (Lipinski definition) is 1. The Labute approximate surface area is 145 Å². The zero-order valence-electron chi connectivity index (χ0n) is 14.4. The quantitative estimate of drug-likeness (QED) is 0.820. The Morgan fingerprint density at radius 1 is 1.38 bits per heavy atom. The lowest BCUT2D eigenvalue weighted by Gasteiger charge is -2.25. The third-order valence-electron chi connectivity index (χ3n) is 3.01. The Balaban J connectivity index is 2.99. The number of ether oxygens (including phenoxy) is 1. The van der Waals surface area contributed by atoms with Gasteiger partial charge in [0.1, 0.15) is 17.5 Å². The van der Waals surface area contributed by atoms with Gasteiger partial charge >= 0.3 is 6.09 Å². The van der Waals surface area contributed by atoms with Gasteiger partial charge in [-0.1, -0.05) is 11.6 Å². The summed E-state index contributed by atoms with van der Waals surface area (Å²) in [6.07, 6.45) is -0.777. The first-order chi connectivity index (χ1) is 11.0. The van der Waals surface area contributed by atoms with Crippen molar-refractivity contribution in [3.63, 3.8) is 0 Å². The van der Waals surface area contributed by atoms with Crippen LogP contribution in [0.4, 0.5) is 9.18 Å². The normalized spacial score (nSPS) is 12.5. The monoisotopic (exact) mass is 360 g/mol. The molecule has 0 saturated heterocycles. The molecule has 0 heterocycles. The Kier molecular flexibility index (Phi) is 6.98. The average Bonchev–Trinajstić information content (AvgIpc) is 2.46. The van der Waals surface area contributed by atoms with Crippen LogP contribution in [0.5, 0.6) is 0 Å². The summed E-state index contributed by atoms with van der Waals surface area (Å²) in [4.78, 5) is 29.2. The summed E-state index contributed by atoms with van der Waals surface area (Å²) < 4.78 is 18.6. The van der Waals surface area contributed by atoms with Crippen molar-refractivity contribution in [1.29, 1.82) is 0 Å². The molecule has 134 valence electrons. The molecule has 8 heteroatoms. The molecule has 2 amide bonds. The molecule has 0 aliphatic heterocycles. The number of rotatable bonds is 5. The second kappa shape index (κ2) is 8.30. The van der Waals surface area contributed by atoms with Gasteiger partial charge in [0.15, 0.2) is 0 Å². The number of benzene rings is 1. The van der Waals surface area contributed by atoms with Crippen LogP contribution in [-0.2, 0) is 20.8 Å². The van der Waals surface area contributed by atoms with Gasteiger partial charge < -0.3 is 10.1 Å². The fraction of sp³-hybridized carbons (Fsp3) is 0.500. The SMILES string of the molecule is CON(C)C(=O)C(Cc1cc(F)ccc1Cl)NC(=O)OC(C)(C)C. The van der Waals surface area contributed by atoms with Crippen LogP contribution in [0.15, 0.2) is 18.2 Å². The number of nitrogens with one attached hydrogen (secondary N) is 1. The van der Waals surface area contributed by atoms with Crippen molar-refractivity contribution in [2.45, 2.75) is 38.8 Å². The van der Waals surface area contributed by atoms with Crippen molar-refractivity contribution in [3.05, 3.63) is 34.6 Å². The van der Waals surface area contributed by atoms with Gasteiger partial charge in [0, 0.05) is 18.5 Å². The molecule has 1 aromatic rings. The highest BCUT2D eigenvalue weighted by atomic mass is 35.5. The van der Waals surface area contributed by atoms with E-state index in [0.717, 1.165) is 5.06 Å². The van der Waals surface area contributed by atoms with Crippen molar-refractivity contribution in [2.24, 2.45) is 0 Å². The maximum Gasteiger partial charge on any atom is 0.408 e. The second-order valence-corrected chi connectivity index (χ2v) is 6.56. The van der Waals surface area contributed by atoms with Gasteiger partial charge in [-0.05, 0) is 44.5 Å². The summed E-state index contributed by atoms with van der Waals surface area (Å²) in [6, 6.07) is 2.79. The lowest BCUT2D eigenvalue weighted by molar-refractivity contribution is -0.171. The summed E-state index contributed by atoms with van der Waals surface area (Å²) in [5.41, 5.74) is -0.336. The van der Waals surface area contributed by atoms with Gasteiger partial charge in [-0.3, -0.25) is 9.63 Å². The first kappa shape index (κ1) is 20.2. The molecule has 0 saturated carbocycles. The van der Waals surface area contributed by atoms with E-state index in [1.165, 1.54) is 32.4 Å². The van der Waals surface area contributed by atoms with Crippen molar-refractivity contribution < 1.29 is 23.6 Å². The number of carbonyl (C=O) groups is 2. The summed E-state index contributed by atoms with van der Waals surface area (Å²) in [5.74, 6) is -1.01. The first-order valence-corrected chi connectivity index (χ1v) is 7.66. The van der Waals surface area contributed by atoms with Crippen LogP contribution in [0.2, 0.25) is 5.02 Å². The molecule has 0 bridgehead atoms. The third-order valence-corrected chi connectivity index (χ3v) is 3.37. The molecule has 0 fully saturated rings. The first-order valence-electron chi connectivity index (χ1n) is 7.28. The maximum atomic E-state index is 13.4. The Bertz CT molecular complexity index is 604. The van der Waals surface area contributed by atoms with Gasteiger partial charge in [-0.2, -0.15) is 0 Å². The molecule has 0 aliphatic carbocycles. The van der Waals surface area contributed by atoms with E-state index in [4.69, 9.17) is 21.2 Å². The van der Waals surface area contributed by atoms with Gasteiger partial charge in [0.25, 0.3) is 5.91 Å². The number of amides is 2. The smallest absolute Gasteiger partial charge is 0.408 e. The molecule has 0 aromatic heterocycles. The van der Waals surface area contributed by atoms with Gasteiger partial charge in [0.2, 0.25) is 0 Å². The number of likely N-dealkylation sites (N-methyl/N-ethyl adjacent to an activating group) is 1. The number of alkyl carbamates (subject to hydrolysis) is 1. The fourth-order valence-corrected chi connectivity index (χ4v) is 2.07. The molecule has 0 spiro atoms. The van der Waals surface area contributed by atoms with Crippen molar-refractivity contribution in [3.8, 4) is 0 Å². The van der Waals surface area contributed by atoms with E-state index in [2.05, 4.69) is 5.32 Å². The molecule has 1 atom stereocenters. The Morgan fingerprint density at radius 2 is 2.00 bits per heavy atom. The lowest BCUT2D eigenvalue weighted by Crippen LogP contribution is -2.49. The second-order valence-electron chi connectivity index (χ2n) is 6.16. The molecular formula is C16H22ClFN2O4. The average molecular weight is 361 g/mol. The number of hydrogen-bond acceptors (Lipinski definition) is 4. The highest BCUT2D eigenvalue weighted by molar-refractivity contribution is 6.31. The van der Waals surface area contributed by atoms with Crippen LogP contribution >= 0.6 is 11.6 Å². The maximum absolute atomic E-state index is 13.4. The van der Waals surface area contributed by atoms with Gasteiger partial charge in [-0.15, -0.1) is 0 Å².